The fourth-order valence-corrected chi connectivity index (χ4v) is 1.89. The molecule has 0 radical (unpaired) electrons. The van der Waals surface area contributed by atoms with Gasteiger partial charge in [-0.05, 0) is 24.6 Å². The van der Waals surface area contributed by atoms with E-state index in [0.717, 1.165) is 11.1 Å². The van der Waals surface area contributed by atoms with Crippen LogP contribution in [0.1, 0.15) is 24.1 Å². The van der Waals surface area contributed by atoms with E-state index in [1.165, 1.54) is 12.1 Å². The van der Waals surface area contributed by atoms with Crippen molar-refractivity contribution in [3.8, 4) is 0 Å². The van der Waals surface area contributed by atoms with E-state index in [1.807, 2.05) is 19.2 Å². The van der Waals surface area contributed by atoms with Crippen LogP contribution < -0.4 is 5.32 Å². The summed E-state index contributed by atoms with van der Waals surface area (Å²) in [6, 6.07) is 6.65. The predicted molar refractivity (Wildman–Crippen MR) is 71.0 cm³/mol. The van der Waals surface area contributed by atoms with Gasteiger partial charge in [0.05, 0.1) is 19.3 Å². The summed E-state index contributed by atoms with van der Waals surface area (Å²) in [5.74, 6) is -0.220. The molecule has 1 heterocycles. The molecule has 1 atom stereocenters. The third-order valence-corrected chi connectivity index (χ3v) is 2.98. The van der Waals surface area contributed by atoms with Crippen molar-refractivity contribution in [3.05, 3.63) is 53.6 Å². The summed E-state index contributed by atoms with van der Waals surface area (Å²) in [7, 11) is 0. The fourth-order valence-electron chi connectivity index (χ4n) is 1.89. The van der Waals surface area contributed by atoms with Crippen LogP contribution in [0, 0.1) is 5.82 Å². The molecule has 2 N–H and O–H groups in total. The molecule has 0 bridgehead atoms. The summed E-state index contributed by atoms with van der Waals surface area (Å²) in [6.45, 7) is 3.23. The number of halogens is 1. The minimum absolute atomic E-state index is 0.0666. The number of nitrogens with zero attached hydrogens (tertiary/aromatic N) is 2. The van der Waals surface area contributed by atoms with Gasteiger partial charge in [0.1, 0.15) is 5.82 Å². The lowest BCUT2D eigenvalue weighted by atomic mass is 10.1. The number of aliphatic hydroxyl groups excluding tert-OH is 1. The van der Waals surface area contributed by atoms with E-state index in [2.05, 4.69) is 10.4 Å². The Labute approximate surface area is 111 Å². The predicted octanol–water partition coefficient (Wildman–Crippen LogP) is 1.87. The van der Waals surface area contributed by atoms with Gasteiger partial charge < -0.3 is 10.4 Å². The lowest BCUT2D eigenvalue weighted by molar-refractivity contribution is 0.269. The summed E-state index contributed by atoms with van der Waals surface area (Å²) in [6.07, 6.45) is 3.66. The fraction of sp³-hybridized carbons (Fsp3) is 0.357. The first-order valence-corrected chi connectivity index (χ1v) is 6.30. The van der Waals surface area contributed by atoms with Crippen LogP contribution in [0.15, 0.2) is 36.7 Å². The smallest absolute Gasteiger partial charge is 0.123 e. The molecule has 0 saturated heterocycles. The quantitative estimate of drug-likeness (QED) is 0.836. The normalized spacial score (nSPS) is 12.6. The van der Waals surface area contributed by atoms with Crippen molar-refractivity contribution in [2.45, 2.75) is 26.1 Å². The van der Waals surface area contributed by atoms with Gasteiger partial charge >= 0.3 is 0 Å². The van der Waals surface area contributed by atoms with Crippen molar-refractivity contribution < 1.29 is 9.50 Å². The Bertz CT molecular complexity index is 527. The van der Waals surface area contributed by atoms with E-state index in [9.17, 15) is 4.39 Å². The number of hydrogen-bond donors (Lipinski definition) is 2. The molecule has 1 aromatic heterocycles. The number of hydrogen-bond acceptors (Lipinski definition) is 3. The molecule has 4 nitrogen and oxygen atoms in total. The second kappa shape index (κ2) is 6.45. The average Bonchev–Trinajstić information content (AvgIpc) is 2.84. The van der Waals surface area contributed by atoms with Crippen LogP contribution in [0.5, 0.6) is 0 Å². The summed E-state index contributed by atoms with van der Waals surface area (Å²) in [5.41, 5.74) is 1.96. The van der Waals surface area contributed by atoms with Gasteiger partial charge in [-0.2, -0.15) is 5.10 Å². The highest BCUT2D eigenvalue weighted by Crippen LogP contribution is 2.14. The maximum absolute atomic E-state index is 13.1. The highest BCUT2D eigenvalue weighted by Gasteiger charge is 2.06. The molecule has 0 fully saturated rings. The monoisotopic (exact) mass is 263 g/mol. The van der Waals surface area contributed by atoms with E-state index >= 15 is 0 Å². The SMILES string of the molecule is C[C@@H](NCc1cnn(CCO)c1)c1cccc(F)c1. The second-order valence-electron chi connectivity index (χ2n) is 4.49. The van der Waals surface area contributed by atoms with Crippen molar-refractivity contribution in [3.63, 3.8) is 0 Å². The minimum Gasteiger partial charge on any atom is -0.394 e. The number of aromatic nitrogens is 2. The Morgan fingerprint density at radius 2 is 2.32 bits per heavy atom. The van der Waals surface area contributed by atoms with E-state index in [1.54, 1.807) is 16.9 Å². The molecule has 2 aromatic rings. The zero-order valence-corrected chi connectivity index (χ0v) is 10.9. The van der Waals surface area contributed by atoms with E-state index in [0.29, 0.717) is 13.1 Å². The van der Waals surface area contributed by atoms with Crippen molar-refractivity contribution >= 4 is 0 Å². The first-order chi connectivity index (χ1) is 9.19. The lowest BCUT2D eigenvalue weighted by Crippen LogP contribution is -2.17. The molecule has 19 heavy (non-hydrogen) atoms. The Morgan fingerprint density at radius 3 is 3.05 bits per heavy atom. The maximum Gasteiger partial charge on any atom is 0.123 e. The Morgan fingerprint density at radius 1 is 1.47 bits per heavy atom. The third kappa shape index (κ3) is 3.87. The zero-order chi connectivity index (χ0) is 13.7. The molecule has 1 aromatic carbocycles. The van der Waals surface area contributed by atoms with Crippen LogP contribution in [-0.2, 0) is 13.1 Å². The molecule has 0 unspecified atom stereocenters. The first kappa shape index (κ1) is 13.7. The largest absolute Gasteiger partial charge is 0.394 e. The van der Waals surface area contributed by atoms with Gasteiger partial charge in [-0.3, -0.25) is 4.68 Å². The van der Waals surface area contributed by atoms with Gasteiger partial charge in [0, 0.05) is 24.3 Å². The van der Waals surface area contributed by atoms with Crippen LogP contribution in [0.25, 0.3) is 0 Å². The molecule has 0 saturated carbocycles. The topological polar surface area (TPSA) is 50.1 Å². The van der Waals surface area contributed by atoms with Gasteiger partial charge in [-0.25, -0.2) is 4.39 Å². The first-order valence-electron chi connectivity index (χ1n) is 6.30. The molecule has 2 rings (SSSR count). The van der Waals surface area contributed by atoms with Gasteiger partial charge in [0.25, 0.3) is 0 Å². The van der Waals surface area contributed by atoms with Crippen molar-refractivity contribution in [1.82, 2.24) is 15.1 Å². The van der Waals surface area contributed by atoms with Crippen LogP contribution in [0.3, 0.4) is 0 Å². The highest BCUT2D eigenvalue weighted by atomic mass is 19.1. The van der Waals surface area contributed by atoms with Crippen molar-refractivity contribution in [1.29, 1.82) is 0 Å². The Kier molecular flexibility index (Phi) is 4.65. The molecule has 0 aliphatic heterocycles. The van der Waals surface area contributed by atoms with Crippen molar-refractivity contribution in [2.75, 3.05) is 6.61 Å². The van der Waals surface area contributed by atoms with E-state index in [4.69, 9.17) is 5.11 Å². The van der Waals surface area contributed by atoms with Crippen LogP contribution >= 0.6 is 0 Å². The Hall–Kier alpha value is -1.72. The maximum atomic E-state index is 13.1. The van der Waals surface area contributed by atoms with Crippen molar-refractivity contribution in [2.24, 2.45) is 0 Å². The molecule has 102 valence electrons. The minimum atomic E-state index is -0.220. The molecule has 0 aliphatic carbocycles. The van der Waals surface area contributed by atoms with Crippen LogP contribution in [0.2, 0.25) is 0 Å². The summed E-state index contributed by atoms with van der Waals surface area (Å²) in [5, 5.41) is 16.3. The highest BCUT2D eigenvalue weighted by molar-refractivity contribution is 5.19. The average molecular weight is 263 g/mol. The van der Waals surface area contributed by atoms with Crippen LogP contribution in [0.4, 0.5) is 4.39 Å². The molecule has 5 heteroatoms. The zero-order valence-electron chi connectivity index (χ0n) is 10.9. The molecule has 0 amide bonds. The summed E-state index contributed by atoms with van der Waals surface area (Å²) >= 11 is 0. The third-order valence-electron chi connectivity index (χ3n) is 2.98. The van der Waals surface area contributed by atoms with Crippen LogP contribution in [-0.4, -0.2) is 21.5 Å². The molecular formula is C14H18FN3O. The molecule has 0 aliphatic rings. The number of rotatable bonds is 6. The summed E-state index contributed by atoms with van der Waals surface area (Å²) in [4.78, 5) is 0. The standard InChI is InChI=1S/C14H18FN3O/c1-11(13-3-2-4-14(15)7-13)16-8-12-9-17-18(10-12)5-6-19/h2-4,7,9-11,16,19H,5-6,8H2,1H3/t11-/m1/s1. The lowest BCUT2D eigenvalue weighted by Gasteiger charge is -2.13. The number of aliphatic hydroxyl groups is 1. The van der Waals surface area contributed by atoms with Gasteiger partial charge in [-0.15, -0.1) is 0 Å². The Balaban J connectivity index is 1.90. The van der Waals surface area contributed by atoms with Gasteiger partial charge in [0.2, 0.25) is 0 Å². The van der Waals surface area contributed by atoms with E-state index < -0.39 is 0 Å². The van der Waals surface area contributed by atoms with Gasteiger partial charge in [-0.1, -0.05) is 12.1 Å². The summed E-state index contributed by atoms with van der Waals surface area (Å²) < 4.78 is 14.8. The molecular weight excluding hydrogens is 245 g/mol. The second-order valence-corrected chi connectivity index (χ2v) is 4.49. The van der Waals surface area contributed by atoms with Gasteiger partial charge in [0.15, 0.2) is 0 Å². The number of nitrogens with one attached hydrogen (secondary N) is 1. The van der Waals surface area contributed by atoms with E-state index in [-0.39, 0.29) is 18.5 Å². The molecule has 0 spiro atoms. The number of benzene rings is 1.